The SMILES string of the molecule is O=Cc1cc(I)cc(I)c1OC(=O)c1ccc([N+](=O)[O-])cc1. The van der Waals surface area contributed by atoms with E-state index in [1.807, 2.05) is 22.6 Å². The summed E-state index contributed by atoms with van der Waals surface area (Å²) in [6, 6.07) is 8.42. The number of benzene rings is 2. The monoisotopic (exact) mass is 523 g/mol. The number of nitrogens with zero attached hydrogens (tertiary/aromatic N) is 1. The van der Waals surface area contributed by atoms with Crippen molar-refractivity contribution in [2.75, 3.05) is 0 Å². The Morgan fingerprint density at radius 1 is 1.18 bits per heavy atom. The summed E-state index contributed by atoms with van der Waals surface area (Å²) in [5.74, 6) is -0.503. The summed E-state index contributed by atoms with van der Waals surface area (Å²) >= 11 is 4.03. The minimum Gasteiger partial charge on any atom is -0.421 e. The van der Waals surface area contributed by atoms with E-state index < -0.39 is 10.9 Å². The first-order valence-electron chi connectivity index (χ1n) is 5.83. The quantitative estimate of drug-likeness (QED) is 0.152. The Kier molecular flexibility index (Phi) is 5.45. The molecule has 0 unspecified atom stereocenters. The average Bonchev–Trinajstić information content (AvgIpc) is 2.49. The fraction of sp³-hybridized carbons (Fsp3) is 0. The van der Waals surface area contributed by atoms with E-state index in [2.05, 4.69) is 22.6 Å². The topological polar surface area (TPSA) is 86.5 Å². The van der Waals surface area contributed by atoms with E-state index in [0.29, 0.717) is 9.86 Å². The van der Waals surface area contributed by atoms with Gasteiger partial charge in [-0.05, 0) is 69.4 Å². The highest BCUT2D eigenvalue weighted by Gasteiger charge is 2.16. The first-order valence-corrected chi connectivity index (χ1v) is 7.99. The minimum absolute atomic E-state index is 0.117. The van der Waals surface area contributed by atoms with Crippen LogP contribution >= 0.6 is 45.2 Å². The third-order valence-electron chi connectivity index (χ3n) is 2.67. The van der Waals surface area contributed by atoms with Gasteiger partial charge in [-0.3, -0.25) is 14.9 Å². The number of hydrogen-bond donors (Lipinski definition) is 0. The molecular weight excluding hydrogens is 516 g/mol. The summed E-state index contributed by atoms with van der Waals surface area (Å²) in [6.45, 7) is 0. The highest BCUT2D eigenvalue weighted by atomic mass is 127. The molecule has 2 rings (SSSR count). The van der Waals surface area contributed by atoms with Crippen LogP contribution in [-0.2, 0) is 0 Å². The van der Waals surface area contributed by atoms with E-state index in [4.69, 9.17) is 4.74 Å². The zero-order valence-corrected chi connectivity index (χ0v) is 15.1. The molecule has 0 saturated carbocycles. The molecule has 0 N–H and O–H groups in total. The molecule has 112 valence electrons. The van der Waals surface area contributed by atoms with Gasteiger partial charge in [0.15, 0.2) is 12.0 Å². The van der Waals surface area contributed by atoms with Gasteiger partial charge in [-0.1, -0.05) is 0 Å². The largest absolute Gasteiger partial charge is 0.421 e. The molecule has 0 bridgehead atoms. The molecule has 0 aliphatic carbocycles. The van der Waals surface area contributed by atoms with Crippen LogP contribution in [0.4, 0.5) is 5.69 Å². The first kappa shape index (κ1) is 16.8. The van der Waals surface area contributed by atoms with Gasteiger partial charge in [0.1, 0.15) is 0 Å². The number of rotatable bonds is 4. The number of aldehydes is 1. The van der Waals surface area contributed by atoms with Gasteiger partial charge in [-0.2, -0.15) is 0 Å². The van der Waals surface area contributed by atoms with Crippen LogP contribution < -0.4 is 4.74 Å². The summed E-state index contributed by atoms with van der Waals surface area (Å²) in [5.41, 5.74) is 0.317. The van der Waals surface area contributed by atoms with Crippen molar-refractivity contribution in [1.29, 1.82) is 0 Å². The highest BCUT2D eigenvalue weighted by molar-refractivity contribution is 14.1. The Bertz CT molecular complexity index is 759. The molecule has 2 aromatic carbocycles. The second kappa shape index (κ2) is 7.13. The molecule has 22 heavy (non-hydrogen) atoms. The second-order valence-corrected chi connectivity index (χ2v) is 6.53. The van der Waals surface area contributed by atoms with Crippen molar-refractivity contribution in [1.82, 2.24) is 0 Å². The Morgan fingerprint density at radius 3 is 2.36 bits per heavy atom. The average molecular weight is 523 g/mol. The van der Waals surface area contributed by atoms with Crippen LogP contribution in [0.5, 0.6) is 5.75 Å². The van der Waals surface area contributed by atoms with Crippen LogP contribution in [-0.4, -0.2) is 17.2 Å². The number of halogens is 2. The summed E-state index contributed by atoms with van der Waals surface area (Å²) in [6.07, 6.45) is 0.614. The number of nitro benzene ring substituents is 1. The fourth-order valence-corrected chi connectivity index (χ4v) is 3.65. The van der Waals surface area contributed by atoms with Crippen molar-refractivity contribution < 1.29 is 19.2 Å². The van der Waals surface area contributed by atoms with Crippen molar-refractivity contribution in [2.45, 2.75) is 0 Å². The zero-order valence-electron chi connectivity index (χ0n) is 10.8. The molecule has 0 amide bonds. The third kappa shape index (κ3) is 3.80. The molecule has 0 spiro atoms. The van der Waals surface area contributed by atoms with Gasteiger partial charge in [0.05, 0.1) is 19.6 Å². The number of hydrogen-bond acceptors (Lipinski definition) is 5. The van der Waals surface area contributed by atoms with Crippen molar-refractivity contribution >= 4 is 63.1 Å². The maximum absolute atomic E-state index is 12.1. The molecular formula is C14H7I2NO5. The standard InChI is InChI=1S/C14H7I2NO5/c15-10-5-9(7-18)13(12(16)6-10)22-14(19)8-1-3-11(4-2-8)17(20)21/h1-7H. The molecule has 0 radical (unpaired) electrons. The van der Waals surface area contributed by atoms with Crippen LogP contribution in [0.1, 0.15) is 20.7 Å². The molecule has 6 nitrogen and oxygen atoms in total. The van der Waals surface area contributed by atoms with Crippen molar-refractivity contribution in [3.63, 3.8) is 0 Å². The number of esters is 1. The lowest BCUT2D eigenvalue weighted by molar-refractivity contribution is -0.384. The lowest BCUT2D eigenvalue weighted by Crippen LogP contribution is -2.11. The lowest BCUT2D eigenvalue weighted by Gasteiger charge is -2.09. The molecule has 0 aromatic heterocycles. The van der Waals surface area contributed by atoms with Gasteiger partial charge in [0.25, 0.3) is 5.69 Å². The van der Waals surface area contributed by atoms with Gasteiger partial charge < -0.3 is 4.74 Å². The van der Waals surface area contributed by atoms with E-state index in [9.17, 15) is 19.7 Å². The van der Waals surface area contributed by atoms with Gasteiger partial charge >= 0.3 is 5.97 Å². The lowest BCUT2D eigenvalue weighted by atomic mass is 10.2. The second-order valence-electron chi connectivity index (χ2n) is 4.12. The van der Waals surface area contributed by atoms with Gasteiger partial charge in [-0.15, -0.1) is 0 Å². The molecule has 0 saturated heterocycles. The van der Waals surface area contributed by atoms with E-state index in [1.165, 1.54) is 24.3 Å². The maximum atomic E-state index is 12.1. The summed E-state index contributed by atoms with van der Waals surface area (Å²) in [5, 5.41) is 10.6. The fourth-order valence-electron chi connectivity index (χ4n) is 1.65. The molecule has 0 aliphatic heterocycles. The number of ether oxygens (including phenoxy) is 1. The number of carbonyl (C=O) groups excluding carboxylic acids is 2. The smallest absolute Gasteiger partial charge is 0.343 e. The van der Waals surface area contributed by atoms with E-state index >= 15 is 0 Å². The number of nitro groups is 1. The molecule has 0 heterocycles. The molecule has 2 aromatic rings. The minimum atomic E-state index is -0.683. The normalized spacial score (nSPS) is 10.1. The van der Waals surface area contributed by atoms with Crippen molar-refractivity contribution in [2.24, 2.45) is 0 Å². The van der Waals surface area contributed by atoms with Crippen LogP contribution in [0.25, 0.3) is 0 Å². The Morgan fingerprint density at radius 2 is 1.82 bits per heavy atom. The van der Waals surface area contributed by atoms with Crippen LogP contribution in [0.3, 0.4) is 0 Å². The van der Waals surface area contributed by atoms with Crippen LogP contribution in [0, 0.1) is 17.3 Å². The van der Waals surface area contributed by atoms with Crippen LogP contribution in [0.2, 0.25) is 0 Å². The highest BCUT2D eigenvalue weighted by Crippen LogP contribution is 2.28. The molecule has 0 aliphatic rings. The van der Waals surface area contributed by atoms with E-state index in [1.54, 1.807) is 12.1 Å². The number of carbonyl (C=O) groups is 2. The predicted octanol–water partition coefficient (Wildman–Crippen LogP) is 3.84. The maximum Gasteiger partial charge on any atom is 0.343 e. The Hall–Kier alpha value is -1.56. The van der Waals surface area contributed by atoms with Gasteiger partial charge in [-0.25, -0.2) is 4.79 Å². The predicted molar refractivity (Wildman–Crippen MR) is 95.3 cm³/mol. The van der Waals surface area contributed by atoms with E-state index in [-0.39, 0.29) is 22.6 Å². The molecule has 0 fully saturated rings. The summed E-state index contributed by atoms with van der Waals surface area (Å²) in [4.78, 5) is 33.2. The van der Waals surface area contributed by atoms with Crippen molar-refractivity contribution in [3.8, 4) is 5.75 Å². The van der Waals surface area contributed by atoms with Crippen LogP contribution in [0.15, 0.2) is 36.4 Å². The third-order valence-corrected chi connectivity index (χ3v) is 4.10. The summed E-state index contributed by atoms with van der Waals surface area (Å²) < 4.78 is 6.73. The first-order chi connectivity index (χ1) is 10.4. The van der Waals surface area contributed by atoms with Gasteiger partial charge in [0.2, 0.25) is 0 Å². The van der Waals surface area contributed by atoms with E-state index in [0.717, 1.165) is 3.57 Å². The Balaban J connectivity index is 2.29. The van der Waals surface area contributed by atoms with Crippen molar-refractivity contribution in [3.05, 3.63) is 64.8 Å². The Labute approximate surface area is 152 Å². The zero-order chi connectivity index (χ0) is 16.3. The molecule has 0 atom stereocenters. The van der Waals surface area contributed by atoms with Gasteiger partial charge in [0, 0.05) is 15.7 Å². The molecule has 8 heteroatoms. The summed E-state index contributed by atoms with van der Waals surface area (Å²) in [7, 11) is 0. The number of non-ortho nitro benzene ring substituents is 1.